The van der Waals surface area contributed by atoms with Crippen LogP contribution in [0.1, 0.15) is 23.2 Å². The number of thioether (sulfide) groups is 1. The highest BCUT2D eigenvalue weighted by Crippen LogP contribution is 2.38. The summed E-state index contributed by atoms with van der Waals surface area (Å²) in [6, 6.07) is 11.4. The Kier molecular flexibility index (Phi) is 3.86. The van der Waals surface area contributed by atoms with Crippen molar-refractivity contribution < 1.29 is 4.39 Å². The fraction of sp³-hybridized carbons (Fsp3) is 0.263. The number of rotatable bonds is 3. The van der Waals surface area contributed by atoms with Gasteiger partial charge in [0.1, 0.15) is 5.82 Å². The average Bonchev–Trinajstić information content (AvgIpc) is 3.12. The quantitative estimate of drug-likeness (QED) is 0.552. The summed E-state index contributed by atoms with van der Waals surface area (Å²) in [5, 5.41) is 1.85. The second-order valence-electron chi connectivity index (χ2n) is 6.00. The molecule has 2 aromatic carbocycles. The first-order valence-corrected chi connectivity index (χ1v) is 9.39. The standard InChI is InChI=1S/C19H17ClFNS/c1-23-18-10-14(21)9-16-15-3-2-4-17(15)22(19(16)18)11-12-5-7-13(20)8-6-12/h5-10H,2-4,11H2,1H3. The summed E-state index contributed by atoms with van der Waals surface area (Å²) >= 11 is 7.61. The van der Waals surface area contributed by atoms with Gasteiger partial charge < -0.3 is 4.57 Å². The molecule has 1 nitrogen and oxygen atoms in total. The van der Waals surface area contributed by atoms with Crippen LogP contribution >= 0.6 is 23.4 Å². The Bertz CT molecular complexity index is 883. The van der Waals surface area contributed by atoms with Gasteiger partial charge in [0.25, 0.3) is 0 Å². The molecule has 0 fully saturated rings. The van der Waals surface area contributed by atoms with Gasteiger partial charge in [-0.15, -0.1) is 11.8 Å². The minimum atomic E-state index is -0.139. The van der Waals surface area contributed by atoms with E-state index in [4.69, 9.17) is 11.6 Å². The molecule has 1 aromatic heterocycles. The maximum Gasteiger partial charge on any atom is 0.125 e. The topological polar surface area (TPSA) is 4.93 Å². The zero-order valence-corrected chi connectivity index (χ0v) is 14.5. The lowest BCUT2D eigenvalue weighted by Crippen LogP contribution is -2.04. The summed E-state index contributed by atoms with van der Waals surface area (Å²) in [7, 11) is 0. The van der Waals surface area contributed by atoms with Gasteiger partial charge in [-0.3, -0.25) is 0 Å². The minimum Gasteiger partial charge on any atom is -0.339 e. The molecule has 4 rings (SSSR count). The maximum atomic E-state index is 14.0. The van der Waals surface area contributed by atoms with E-state index in [9.17, 15) is 4.39 Å². The number of aromatic nitrogens is 1. The number of hydrogen-bond acceptors (Lipinski definition) is 1. The molecular formula is C19H17ClFNS. The highest BCUT2D eigenvalue weighted by molar-refractivity contribution is 7.98. The summed E-state index contributed by atoms with van der Waals surface area (Å²) < 4.78 is 16.4. The Labute approximate surface area is 144 Å². The maximum absolute atomic E-state index is 14.0. The molecule has 23 heavy (non-hydrogen) atoms. The molecule has 0 N–H and O–H groups in total. The number of aryl methyl sites for hydroxylation is 1. The van der Waals surface area contributed by atoms with Crippen molar-refractivity contribution >= 4 is 34.3 Å². The van der Waals surface area contributed by atoms with Crippen LogP contribution < -0.4 is 0 Å². The third kappa shape index (κ3) is 2.56. The number of hydrogen-bond donors (Lipinski definition) is 0. The van der Waals surface area contributed by atoms with Gasteiger partial charge in [-0.05, 0) is 60.9 Å². The van der Waals surface area contributed by atoms with E-state index in [-0.39, 0.29) is 5.82 Å². The molecule has 0 atom stereocenters. The van der Waals surface area contributed by atoms with E-state index in [2.05, 4.69) is 16.7 Å². The highest BCUT2D eigenvalue weighted by Gasteiger charge is 2.23. The van der Waals surface area contributed by atoms with Gasteiger partial charge in [0.15, 0.2) is 0 Å². The van der Waals surface area contributed by atoms with E-state index in [1.807, 2.05) is 18.4 Å². The molecule has 0 saturated heterocycles. The lowest BCUT2D eigenvalue weighted by atomic mass is 10.1. The second-order valence-corrected chi connectivity index (χ2v) is 7.28. The molecule has 0 aliphatic heterocycles. The molecule has 1 aliphatic carbocycles. The van der Waals surface area contributed by atoms with Crippen molar-refractivity contribution in [3.05, 3.63) is 64.1 Å². The van der Waals surface area contributed by atoms with Crippen LogP contribution in [0.2, 0.25) is 5.02 Å². The summed E-state index contributed by atoms with van der Waals surface area (Å²) in [6.07, 6.45) is 5.30. The molecule has 0 spiro atoms. The van der Waals surface area contributed by atoms with Crippen molar-refractivity contribution in [1.29, 1.82) is 0 Å². The normalized spacial score (nSPS) is 13.7. The van der Waals surface area contributed by atoms with Crippen LogP contribution in [0.5, 0.6) is 0 Å². The first-order chi connectivity index (χ1) is 11.2. The van der Waals surface area contributed by atoms with Crippen LogP contribution in [0.3, 0.4) is 0 Å². The summed E-state index contributed by atoms with van der Waals surface area (Å²) in [5.41, 5.74) is 5.11. The number of nitrogens with zero attached hydrogens (tertiary/aromatic N) is 1. The van der Waals surface area contributed by atoms with Crippen LogP contribution in [-0.2, 0) is 19.4 Å². The van der Waals surface area contributed by atoms with Gasteiger partial charge in [0.05, 0.1) is 5.52 Å². The third-order valence-corrected chi connectivity index (χ3v) is 5.63. The molecule has 0 radical (unpaired) electrons. The lowest BCUT2D eigenvalue weighted by molar-refractivity contribution is 0.626. The summed E-state index contributed by atoms with van der Waals surface area (Å²) in [5.74, 6) is -0.139. The number of benzene rings is 2. The SMILES string of the molecule is CSc1cc(F)cc2c3c(n(Cc4ccc(Cl)cc4)c12)CCC3. The van der Waals surface area contributed by atoms with Gasteiger partial charge in [0, 0.05) is 27.5 Å². The van der Waals surface area contributed by atoms with Crippen molar-refractivity contribution in [3.63, 3.8) is 0 Å². The van der Waals surface area contributed by atoms with Crippen molar-refractivity contribution in [2.75, 3.05) is 6.26 Å². The largest absolute Gasteiger partial charge is 0.339 e. The van der Waals surface area contributed by atoms with Gasteiger partial charge in [-0.1, -0.05) is 23.7 Å². The van der Waals surface area contributed by atoms with Crippen LogP contribution in [0.25, 0.3) is 10.9 Å². The van der Waals surface area contributed by atoms with Crippen LogP contribution in [0.15, 0.2) is 41.3 Å². The van der Waals surface area contributed by atoms with Gasteiger partial charge in [0.2, 0.25) is 0 Å². The van der Waals surface area contributed by atoms with E-state index in [0.29, 0.717) is 0 Å². The van der Waals surface area contributed by atoms with Crippen molar-refractivity contribution in [1.82, 2.24) is 4.57 Å². The van der Waals surface area contributed by atoms with E-state index in [0.717, 1.165) is 41.1 Å². The Hall–Kier alpha value is -1.45. The molecule has 0 unspecified atom stereocenters. The van der Waals surface area contributed by atoms with Crippen LogP contribution in [0.4, 0.5) is 4.39 Å². The Morgan fingerprint density at radius 2 is 1.96 bits per heavy atom. The molecule has 118 valence electrons. The first-order valence-electron chi connectivity index (χ1n) is 7.79. The van der Waals surface area contributed by atoms with Crippen molar-refractivity contribution in [3.8, 4) is 0 Å². The van der Waals surface area contributed by atoms with Gasteiger partial charge in [-0.2, -0.15) is 0 Å². The monoisotopic (exact) mass is 345 g/mol. The third-order valence-electron chi connectivity index (χ3n) is 4.62. The predicted molar refractivity (Wildman–Crippen MR) is 96.3 cm³/mol. The molecule has 3 aromatic rings. The van der Waals surface area contributed by atoms with E-state index >= 15 is 0 Å². The average molecular weight is 346 g/mol. The van der Waals surface area contributed by atoms with E-state index < -0.39 is 0 Å². The predicted octanol–water partition coefficient (Wildman–Crippen LogP) is 5.69. The second kappa shape index (κ2) is 5.88. The molecule has 0 amide bonds. The molecule has 1 heterocycles. The van der Waals surface area contributed by atoms with Gasteiger partial charge in [-0.25, -0.2) is 4.39 Å². The Balaban J connectivity index is 1.92. The zero-order valence-electron chi connectivity index (χ0n) is 12.9. The molecule has 0 saturated carbocycles. The van der Waals surface area contributed by atoms with Crippen LogP contribution in [-0.4, -0.2) is 10.8 Å². The summed E-state index contributed by atoms with van der Waals surface area (Å²) in [4.78, 5) is 1.02. The highest BCUT2D eigenvalue weighted by atomic mass is 35.5. The van der Waals surface area contributed by atoms with E-state index in [1.165, 1.54) is 22.3 Å². The number of fused-ring (bicyclic) bond motifs is 3. The number of halogens is 2. The molecular weight excluding hydrogens is 329 g/mol. The Morgan fingerprint density at radius 3 is 2.70 bits per heavy atom. The molecule has 0 bridgehead atoms. The zero-order chi connectivity index (χ0) is 16.0. The van der Waals surface area contributed by atoms with Crippen LogP contribution in [0, 0.1) is 5.82 Å². The van der Waals surface area contributed by atoms with E-state index in [1.54, 1.807) is 23.9 Å². The molecule has 4 heteroatoms. The lowest BCUT2D eigenvalue weighted by Gasteiger charge is -2.12. The smallest absolute Gasteiger partial charge is 0.125 e. The Morgan fingerprint density at radius 1 is 1.17 bits per heavy atom. The van der Waals surface area contributed by atoms with Gasteiger partial charge >= 0.3 is 0 Å². The van der Waals surface area contributed by atoms with Crippen molar-refractivity contribution in [2.45, 2.75) is 30.7 Å². The molecule has 1 aliphatic rings. The fourth-order valence-corrected chi connectivity index (χ4v) is 4.41. The summed E-state index contributed by atoms with van der Waals surface area (Å²) in [6.45, 7) is 0.808. The minimum absolute atomic E-state index is 0.139. The fourth-order valence-electron chi connectivity index (χ4n) is 3.64. The first kappa shape index (κ1) is 15.1. The van der Waals surface area contributed by atoms with Crippen molar-refractivity contribution in [2.24, 2.45) is 0 Å².